The van der Waals surface area contributed by atoms with E-state index in [4.69, 9.17) is 10.2 Å². The number of hydrogen-bond acceptors (Lipinski definition) is 2. The predicted molar refractivity (Wildman–Crippen MR) is 21.9 cm³/mol. The molecule has 0 atom stereocenters. The van der Waals surface area contributed by atoms with Crippen LogP contribution in [0.15, 0.2) is 12.7 Å². The lowest BCUT2D eigenvalue weighted by atomic mass is 10.4. The largest absolute Gasteiger partial charge is 0.361 e. The van der Waals surface area contributed by atoms with Gasteiger partial charge in [-0.25, -0.2) is 0 Å². The summed E-state index contributed by atoms with van der Waals surface area (Å²) in [6.45, 7) is 3.26. The molecular weight excluding hydrogens is 80.0 g/mol. The highest BCUT2D eigenvalue weighted by Gasteiger charge is 1.89. The fourth-order valence-electron chi connectivity index (χ4n) is 0.129. The standard InChI is InChI=1S/C4H7O2/c1-2-3-4(5)6/h2,5-6H,1,3H2. The van der Waals surface area contributed by atoms with Crippen molar-refractivity contribution in [3.8, 4) is 0 Å². The van der Waals surface area contributed by atoms with Gasteiger partial charge < -0.3 is 10.2 Å². The molecule has 0 bridgehead atoms. The molecule has 0 aliphatic heterocycles. The molecule has 0 saturated carbocycles. The van der Waals surface area contributed by atoms with E-state index in [9.17, 15) is 0 Å². The lowest BCUT2D eigenvalue weighted by Crippen LogP contribution is -1.87. The van der Waals surface area contributed by atoms with Gasteiger partial charge in [0, 0.05) is 6.42 Å². The van der Waals surface area contributed by atoms with E-state index in [1.54, 1.807) is 0 Å². The van der Waals surface area contributed by atoms with Crippen LogP contribution in [-0.2, 0) is 0 Å². The highest BCUT2D eigenvalue weighted by molar-refractivity contribution is 4.74. The van der Waals surface area contributed by atoms with Crippen LogP contribution < -0.4 is 0 Å². The van der Waals surface area contributed by atoms with E-state index in [1.807, 2.05) is 0 Å². The summed E-state index contributed by atoms with van der Waals surface area (Å²) in [5.41, 5.74) is 0. The SMILES string of the molecule is C=CC[C](O)O. The van der Waals surface area contributed by atoms with Gasteiger partial charge in [0.15, 0.2) is 0 Å². The minimum atomic E-state index is -0.579. The van der Waals surface area contributed by atoms with E-state index in [1.165, 1.54) is 6.08 Å². The van der Waals surface area contributed by atoms with Crippen molar-refractivity contribution in [2.24, 2.45) is 0 Å². The summed E-state index contributed by atoms with van der Waals surface area (Å²) in [6, 6.07) is 0. The van der Waals surface area contributed by atoms with Crippen LogP contribution in [0.1, 0.15) is 6.42 Å². The van der Waals surface area contributed by atoms with Gasteiger partial charge in [-0.1, -0.05) is 6.08 Å². The van der Waals surface area contributed by atoms with Gasteiger partial charge in [0.25, 0.3) is 0 Å². The number of aliphatic hydroxyl groups is 2. The van der Waals surface area contributed by atoms with Crippen molar-refractivity contribution < 1.29 is 10.2 Å². The summed E-state index contributed by atoms with van der Waals surface area (Å²) in [7, 11) is 0. The Labute approximate surface area is 36.7 Å². The molecule has 2 heteroatoms. The Morgan fingerprint density at radius 3 is 2.17 bits per heavy atom. The minimum Gasteiger partial charge on any atom is -0.361 e. The molecule has 2 nitrogen and oxygen atoms in total. The van der Waals surface area contributed by atoms with Crippen molar-refractivity contribution in [1.29, 1.82) is 0 Å². The molecule has 0 aliphatic rings. The quantitative estimate of drug-likeness (QED) is 0.489. The first-order valence-corrected chi connectivity index (χ1v) is 1.62. The first-order valence-electron chi connectivity index (χ1n) is 1.62. The Morgan fingerprint density at radius 1 is 1.67 bits per heavy atom. The molecule has 6 heavy (non-hydrogen) atoms. The summed E-state index contributed by atoms with van der Waals surface area (Å²) in [6.07, 6.45) is 1.00. The molecule has 1 radical (unpaired) electrons. The van der Waals surface area contributed by atoms with E-state index < -0.39 is 6.29 Å². The Kier molecular flexibility index (Phi) is 2.71. The predicted octanol–water partition coefficient (Wildman–Crippen LogP) is 0.797. The first-order chi connectivity index (χ1) is 2.77. The maximum Gasteiger partial charge on any atom is 0.222 e. The van der Waals surface area contributed by atoms with Gasteiger partial charge in [-0.2, -0.15) is 0 Å². The highest BCUT2D eigenvalue weighted by Crippen LogP contribution is 1.91. The fourth-order valence-corrected chi connectivity index (χ4v) is 0.129. The van der Waals surface area contributed by atoms with Crippen LogP contribution in [-0.4, -0.2) is 10.2 Å². The van der Waals surface area contributed by atoms with Gasteiger partial charge in [-0.05, 0) is 0 Å². The summed E-state index contributed by atoms with van der Waals surface area (Å²) >= 11 is 0. The molecule has 0 aromatic heterocycles. The monoisotopic (exact) mass is 87.0 g/mol. The summed E-state index contributed by atoms with van der Waals surface area (Å²) in [4.78, 5) is 0. The fraction of sp³-hybridized carbons (Fsp3) is 0.250. The van der Waals surface area contributed by atoms with Crippen molar-refractivity contribution in [2.75, 3.05) is 0 Å². The van der Waals surface area contributed by atoms with Crippen molar-refractivity contribution in [3.05, 3.63) is 18.9 Å². The van der Waals surface area contributed by atoms with E-state index in [2.05, 4.69) is 6.58 Å². The molecule has 0 amide bonds. The van der Waals surface area contributed by atoms with Crippen LogP contribution in [0.25, 0.3) is 0 Å². The van der Waals surface area contributed by atoms with Gasteiger partial charge in [-0.15, -0.1) is 6.58 Å². The van der Waals surface area contributed by atoms with Crippen LogP contribution >= 0.6 is 0 Å². The Hall–Kier alpha value is -0.340. The average Bonchev–Trinajstić information content (AvgIpc) is 1.35. The third kappa shape index (κ3) is 3.66. The summed E-state index contributed by atoms with van der Waals surface area (Å²) in [5.74, 6) is 0. The van der Waals surface area contributed by atoms with Crippen molar-refractivity contribution >= 4 is 0 Å². The lowest BCUT2D eigenvalue weighted by molar-refractivity contribution is 0.0816. The van der Waals surface area contributed by atoms with Gasteiger partial charge in [-0.3, -0.25) is 0 Å². The second-order valence-electron chi connectivity index (χ2n) is 0.909. The molecular formula is C4H7O2. The second kappa shape index (κ2) is 2.87. The zero-order valence-electron chi connectivity index (χ0n) is 3.39. The molecule has 0 aromatic carbocycles. The van der Waals surface area contributed by atoms with Gasteiger partial charge in [0.05, 0.1) is 0 Å². The zero-order chi connectivity index (χ0) is 4.99. The topological polar surface area (TPSA) is 40.5 Å². The maximum atomic E-state index is 7.95. The average molecular weight is 87.1 g/mol. The van der Waals surface area contributed by atoms with Crippen LogP contribution in [0.4, 0.5) is 0 Å². The van der Waals surface area contributed by atoms with E-state index in [-0.39, 0.29) is 6.42 Å². The van der Waals surface area contributed by atoms with E-state index >= 15 is 0 Å². The Bertz CT molecular complexity index is 40.8. The molecule has 0 fully saturated rings. The third-order valence-electron chi connectivity index (χ3n) is 0.327. The van der Waals surface area contributed by atoms with E-state index in [0.717, 1.165) is 0 Å². The minimum absolute atomic E-state index is 0.167. The first kappa shape index (κ1) is 5.66. The Morgan fingerprint density at radius 2 is 2.17 bits per heavy atom. The number of rotatable bonds is 2. The van der Waals surface area contributed by atoms with Crippen molar-refractivity contribution in [3.63, 3.8) is 0 Å². The molecule has 0 rings (SSSR count). The molecule has 0 spiro atoms. The van der Waals surface area contributed by atoms with Crippen molar-refractivity contribution in [1.82, 2.24) is 0 Å². The van der Waals surface area contributed by atoms with Crippen LogP contribution in [0.3, 0.4) is 0 Å². The number of aliphatic hydroxyl groups excluding tert-OH is 1. The van der Waals surface area contributed by atoms with Crippen LogP contribution in [0.2, 0.25) is 0 Å². The van der Waals surface area contributed by atoms with Gasteiger partial charge >= 0.3 is 0 Å². The maximum absolute atomic E-state index is 7.95. The molecule has 0 unspecified atom stereocenters. The lowest BCUT2D eigenvalue weighted by Gasteiger charge is -1.89. The smallest absolute Gasteiger partial charge is 0.222 e. The highest BCUT2D eigenvalue weighted by atomic mass is 16.5. The van der Waals surface area contributed by atoms with Gasteiger partial charge in [0.1, 0.15) is 0 Å². The molecule has 2 N–H and O–H groups in total. The van der Waals surface area contributed by atoms with Gasteiger partial charge in [0.2, 0.25) is 6.29 Å². The normalized spacial score (nSPS) is 9.17. The Balaban J connectivity index is 2.81. The van der Waals surface area contributed by atoms with Crippen LogP contribution in [0, 0.1) is 6.29 Å². The number of hydrogen-bond donors (Lipinski definition) is 2. The second-order valence-corrected chi connectivity index (χ2v) is 0.909. The van der Waals surface area contributed by atoms with E-state index in [0.29, 0.717) is 0 Å². The molecule has 0 aromatic rings. The van der Waals surface area contributed by atoms with Crippen LogP contribution in [0.5, 0.6) is 0 Å². The third-order valence-corrected chi connectivity index (χ3v) is 0.327. The van der Waals surface area contributed by atoms with Crippen molar-refractivity contribution in [2.45, 2.75) is 6.42 Å². The molecule has 35 valence electrons. The molecule has 0 saturated heterocycles. The summed E-state index contributed by atoms with van der Waals surface area (Å²) < 4.78 is 0. The summed E-state index contributed by atoms with van der Waals surface area (Å²) in [5, 5.41) is 15.9. The zero-order valence-corrected chi connectivity index (χ0v) is 3.39. The molecule has 0 heterocycles. The molecule has 0 aliphatic carbocycles.